The van der Waals surface area contributed by atoms with Crippen molar-refractivity contribution >= 4 is 23.3 Å². The Hall–Kier alpha value is -2.96. The number of anilines is 2. The second kappa shape index (κ2) is 5.80. The summed E-state index contributed by atoms with van der Waals surface area (Å²) in [7, 11) is 0. The number of halogens is 1. The van der Waals surface area contributed by atoms with E-state index in [1.807, 2.05) is 0 Å². The number of hydrogen-bond donors (Lipinski definition) is 1. The predicted octanol–water partition coefficient (Wildman–Crippen LogP) is 1.58. The zero-order valence-electron chi connectivity index (χ0n) is 11.5. The minimum absolute atomic E-state index is 0.0643. The normalized spacial score (nSPS) is 13.3. The van der Waals surface area contributed by atoms with Crippen molar-refractivity contribution in [1.29, 1.82) is 0 Å². The van der Waals surface area contributed by atoms with Crippen LogP contribution in [0.2, 0.25) is 0 Å². The maximum atomic E-state index is 13.5. The van der Waals surface area contributed by atoms with Gasteiger partial charge < -0.3 is 10.1 Å². The standard InChI is InChI=1S/C15H12FN3O3/c16-10-4-1-2-5-11(10)18-13(20)8-19-14(21)9-22-12-6-3-7-17-15(12)19/h1-7H,8-9H2,(H,18,20). The molecule has 1 aliphatic rings. The van der Waals surface area contributed by atoms with Crippen molar-refractivity contribution in [3.05, 3.63) is 48.4 Å². The van der Waals surface area contributed by atoms with Crippen molar-refractivity contribution in [2.75, 3.05) is 23.4 Å². The first-order chi connectivity index (χ1) is 10.6. The van der Waals surface area contributed by atoms with Gasteiger partial charge in [0.2, 0.25) is 5.91 Å². The van der Waals surface area contributed by atoms with Crippen molar-refractivity contribution in [2.24, 2.45) is 0 Å². The monoisotopic (exact) mass is 301 g/mol. The van der Waals surface area contributed by atoms with E-state index < -0.39 is 11.7 Å². The SMILES string of the molecule is O=C(CN1C(=O)COc2cccnc21)Nc1ccccc1F. The number of ether oxygens (including phenoxy) is 1. The molecule has 2 amide bonds. The Labute approximate surface area is 125 Å². The van der Waals surface area contributed by atoms with Gasteiger partial charge in [0.05, 0.1) is 5.69 Å². The number of carbonyl (C=O) groups excluding carboxylic acids is 2. The molecule has 0 spiro atoms. The van der Waals surface area contributed by atoms with Crippen LogP contribution in [0.25, 0.3) is 0 Å². The van der Waals surface area contributed by atoms with Gasteiger partial charge in [-0.25, -0.2) is 9.37 Å². The van der Waals surface area contributed by atoms with Gasteiger partial charge in [0, 0.05) is 6.20 Å². The van der Waals surface area contributed by atoms with Crippen molar-refractivity contribution in [1.82, 2.24) is 4.98 Å². The molecule has 0 radical (unpaired) electrons. The Morgan fingerprint density at radius 1 is 1.32 bits per heavy atom. The van der Waals surface area contributed by atoms with Crippen molar-refractivity contribution in [3.8, 4) is 5.75 Å². The van der Waals surface area contributed by atoms with Gasteiger partial charge in [0.15, 0.2) is 18.2 Å². The third-order valence-corrected chi connectivity index (χ3v) is 3.11. The molecule has 1 aromatic heterocycles. The lowest BCUT2D eigenvalue weighted by Crippen LogP contribution is -2.44. The van der Waals surface area contributed by atoms with Crippen molar-refractivity contribution in [2.45, 2.75) is 0 Å². The Morgan fingerprint density at radius 3 is 2.95 bits per heavy atom. The number of carbonyl (C=O) groups is 2. The summed E-state index contributed by atoms with van der Waals surface area (Å²) in [6, 6.07) is 9.15. The first-order valence-corrected chi connectivity index (χ1v) is 6.58. The molecule has 0 saturated carbocycles. The Balaban J connectivity index is 1.77. The van der Waals surface area contributed by atoms with Gasteiger partial charge in [-0.3, -0.25) is 14.5 Å². The summed E-state index contributed by atoms with van der Waals surface area (Å²) in [5.41, 5.74) is 0.0643. The first kappa shape index (κ1) is 14.0. The highest BCUT2D eigenvalue weighted by Crippen LogP contribution is 2.28. The van der Waals surface area contributed by atoms with E-state index in [0.717, 1.165) is 0 Å². The number of rotatable bonds is 3. The van der Waals surface area contributed by atoms with Gasteiger partial charge in [-0.15, -0.1) is 0 Å². The van der Waals surface area contributed by atoms with E-state index in [9.17, 15) is 14.0 Å². The molecular weight excluding hydrogens is 289 g/mol. The molecule has 1 aliphatic heterocycles. The molecule has 0 unspecified atom stereocenters. The average molecular weight is 301 g/mol. The van der Waals surface area contributed by atoms with E-state index >= 15 is 0 Å². The van der Waals surface area contributed by atoms with E-state index in [0.29, 0.717) is 5.75 Å². The number of fused-ring (bicyclic) bond motifs is 1. The summed E-state index contributed by atoms with van der Waals surface area (Å²) in [4.78, 5) is 29.2. The molecule has 2 aromatic rings. The molecule has 22 heavy (non-hydrogen) atoms. The van der Waals surface area contributed by atoms with Crippen LogP contribution in [0.3, 0.4) is 0 Å². The third-order valence-electron chi connectivity index (χ3n) is 3.11. The van der Waals surface area contributed by atoms with Crippen LogP contribution >= 0.6 is 0 Å². The Kier molecular flexibility index (Phi) is 3.69. The summed E-state index contributed by atoms with van der Waals surface area (Å²) in [5, 5.41) is 2.43. The molecule has 3 rings (SSSR count). The van der Waals surface area contributed by atoms with E-state index in [1.54, 1.807) is 18.2 Å². The van der Waals surface area contributed by atoms with Gasteiger partial charge in [0.25, 0.3) is 5.91 Å². The van der Waals surface area contributed by atoms with Crippen LogP contribution in [-0.2, 0) is 9.59 Å². The molecule has 0 saturated heterocycles. The maximum absolute atomic E-state index is 13.5. The lowest BCUT2D eigenvalue weighted by molar-refractivity contribution is -0.123. The van der Waals surface area contributed by atoms with Crippen molar-refractivity contribution in [3.63, 3.8) is 0 Å². The van der Waals surface area contributed by atoms with E-state index in [-0.39, 0.29) is 30.6 Å². The van der Waals surface area contributed by atoms with Crippen LogP contribution in [0.15, 0.2) is 42.6 Å². The fourth-order valence-electron chi connectivity index (χ4n) is 2.09. The molecule has 0 atom stereocenters. The Morgan fingerprint density at radius 2 is 2.14 bits per heavy atom. The van der Waals surface area contributed by atoms with Gasteiger partial charge in [-0.05, 0) is 24.3 Å². The quantitative estimate of drug-likeness (QED) is 0.934. The van der Waals surface area contributed by atoms with Gasteiger partial charge in [0.1, 0.15) is 12.4 Å². The van der Waals surface area contributed by atoms with Gasteiger partial charge in [-0.1, -0.05) is 12.1 Å². The number of pyridine rings is 1. The van der Waals surface area contributed by atoms with E-state index in [4.69, 9.17) is 4.74 Å². The van der Waals surface area contributed by atoms with Crippen molar-refractivity contribution < 1.29 is 18.7 Å². The molecule has 1 aromatic carbocycles. The summed E-state index contributed by atoms with van der Waals surface area (Å²) >= 11 is 0. The third kappa shape index (κ3) is 2.73. The van der Waals surface area contributed by atoms with Crippen LogP contribution in [-0.4, -0.2) is 29.9 Å². The summed E-state index contributed by atoms with van der Waals surface area (Å²) < 4.78 is 18.8. The predicted molar refractivity (Wildman–Crippen MR) is 77.1 cm³/mol. The molecule has 1 N–H and O–H groups in total. The average Bonchev–Trinajstić information content (AvgIpc) is 2.52. The van der Waals surface area contributed by atoms with Crippen LogP contribution in [0.1, 0.15) is 0 Å². The fraction of sp³-hybridized carbons (Fsp3) is 0.133. The molecule has 2 heterocycles. The number of aromatic nitrogens is 1. The van der Waals surface area contributed by atoms with E-state index in [2.05, 4.69) is 10.3 Å². The van der Waals surface area contributed by atoms with E-state index in [1.165, 1.54) is 29.3 Å². The van der Waals surface area contributed by atoms with Crippen LogP contribution in [0.4, 0.5) is 15.9 Å². The largest absolute Gasteiger partial charge is 0.480 e. The molecule has 0 fully saturated rings. The maximum Gasteiger partial charge on any atom is 0.266 e. The summed E-state index contributed by atoms with van der Waals surface area (Å²) in [6.07, 6.45) is 1.50. The molecular formula is C15H12FN3O3. The zero-order valence-corrected chi connectivity index (χ0v) is 11.5. The minimum atomic E-state index is -0.539. The van der Waals surface area contributed by atoms with Crippen LogP contribution in [0, 0.1) is 5.82 Å². The van der Waals surface area contributed by atoms with Gasteiger partial charge >= 0.3 is 0 Å². The molecule has 7 heteroatoms. The number of para-hydroxylation sites is 1. The lowest BCUT2D eigenvalue weighted by atomic mass is 10.3. The highest BCUT2D eigenvalue weighted by atomic mass is 19.1. The molecule has 0 bridgehead atoms. The number of nitrogens with zero attached hydrogens (tertiary/aromatic N) is 2. The second-order valence-corrected chi connectivity index (χ2v) is 4.62. The first-order valence-electron chi connectivity index (χ1n) is 6.58. The Bertz CT molecular complexity index is 735. The highest BCUT2D eigenvalue weighted by Gasteiger charge is 2.28. The molecule has 6 nitrogen and oxygen atoms in total. The molecule has 0 aliphatic carbocycles. The van der Waals surface area contributed by atoms with Gasteiger partial charge in [-0.2, -0.15) is 0 Å². The second-order valence-electron chi connectivity index (χ2n) is 4.62. The lowest BCUT2D eigenvalue weighted by Gasteiger charge is -2.27. The topological polar surface area (TPSA) is 71.5 Å². The molecule has 112 valence electrons. The number of amides is 2. The van der Waals surface area contributed by atoms with Crippen LogP contribution in [0.5, 0.6) is 5.75 Å². The summed E-state index contributed by atoms with van der Waals surface area (Å²) in [5.74, 6) is -0.724. The highest BCUT2D eigenvalue weighted by molar-refractivity contribution is 6.04. The summed E-state index contributed by atoms with van der Waals surface area (Å²) in [6.45, 7) is -0.424. The zero-order chi connectivity index (χ0) is 15.5. The number of benzene rings is 1. The fourth-order valence-corrected chi connectivity index (χ4v) is 2.09. The minimum Gasteiger partial charge on any atom is -0.480 e. The van der Waals surface area contributed by atoms with Crippen LogP contribution < -0.4 is 15.0 Å². The number of nitrogens with one attached hydrogen (secondary N) is 1. The number of hydrogen-bond acceptors (Lipinski definition) is 4. The smallest absolute Gasteiger partial charge is 0.266 e.